The van der Waals surface area contributed by atoms with E-state index in [1.54, 1.807) is 0 Å². The Balaban J connectivity index is 0.000000640. The highest BCUT2D eigenvalue weighted by Gasteiger charge is 2.15. The fourth-order valence-corrected chi connectivity index (χ4v) is 0.842. The molecule has 2 nitrogen and oxygen atoms in total. The Morgan fingerprint density at radius 1 is 1.44 bits per heavy atom. The summed E-state index contributed by atoms with van der Waals surface area (Å²) in [5.41, 5.74) is 0. The third kappa shape index (κ3) is 2.65. The second kappa shape index (κ2) is 4.25. The van der Waals surface area contributed by atoms with Crippen LogP contribution in [0.4, 0.5) is 0 Å². The minimum absolute atomic E-state index is 0. The van der Waals surface area contributed by atoms with Gasteiger partial charge in [0.05, 0.1) is 12.7 Å². The lowest BCUT2D eigenvalue weighted by Crippen LogP contribution is -2.44. The number of hydrogen-bond acceptors (Lipinski definition) is 2. The van der Waals surface area contributed by atoms with Crippen LogP contribution in [-0.4, -0.2) is 25.3 Å². The Morgan fingerprint density at radius 2 is 2.11 bits per heavy atom. The third-order valence-corrected chi connectivity index (χ3v) is 1.65. The van der Waals surface area contributed by atoms with E-state index < -0.39 is 0 Å². The average molecular weight is 196 g/mol. The Morgan fingerprint density at radius 3 is 2.44 bits per heavy atom. The van der Waals surface area contributed by atoms with Crippen molar-refractivity contribution in [3.63, 3.8) is 0 Å². The molecule has 1 fully saturated rings. The van der Waals surface area contributed by atoms with Gasteiger partial charge in [0.25, 0.3) is 0 Å². The minimum atomic E-state index is 0. The van der Waals surface area contributed by atoms with Crippen molar-refractivity contribution in [2.75, 3.05) is 13.2 Å². The number of nitrogens with one attached hydrogen (secondary N) is 1. The highest BCUT2D eigenvalue weighted by atomic mass is 79.9. The molecular weight excluding hydrogens is 182 g/mol. The van der Waals surface area contributed by atoms with Gasteiger partial charge < -0.3 is 10.1 Å². The molecule has 0 aromatic rings. The van der Waals surface area contributed by atoms with Crippen LogP contribution < -0.4 is 5.32 Å². The number of rotatable bonds is 0. The van der Waals surface area contributed by atoms with Gasteiger partial charge in [0.1, 0.15) is 0 Å². The lowest BCUT2D eigenvalue weighted by molar-refractivity contribution is 0.0135. The molecule has 0 aromatic carbocycles. The van der Waals surface area contributed by atoms with Crippen molar-refractivity contribution in [3.8, 4) is 0 Å². The molecule has 0 bridgehead atoms. The smallest absolute Gasteiger partial charge is 0.0697 e. The first-order valence-electron chi connectivity index (χ1n) is 3.15. The third-order valence-electron chi connectivity index (χ3n) is 1.65. The molecule has 1 aliphatic heterocycles. The van der Waals surface area contributed by atoms with Crippen molar-refractivity contribution in [1.29, 1.82) is 0 Å². The molecule has 0 saturated carbocycles. The predicted molar refractivity (Wildman–Crippen MR) is 43.2 cm³/mol. The largest absolute Gasteiger partial charge is 0.376 e. The number of morpholine rings is 1. The summed E-state index contributed by atoms with van der Waals surface area (Å²) in [6, 6.07) is 0.531. The van der Waals surface area contributed by atoms with Crippen LogP contribution in [0.25, 0.3) is 0 Å². The van der Waals surface area contributed by atoms with E-state index in [0.29, 0.717) is 12.1 Å². The molecule has 0 spiro atoms. The summed E-state index contributed by atoms with van der Waals surface area (Å²) in [6.07, 6.45) is 0.392. The van der Waals surface area contributed by atoms with Gasteiger partial charge in [-0.15, -0.1) is 17.0 Å². The summed E-state index contributed by atoms with van der Waals surface area (Å²) in [6.45, 7) is 6.11. The van der Waals surface area contributed by atoms with Crippen LogP contribution in [0.3, 0.4) is 0 Å². The summed E-state index contributed by atoms with van der Waals surface area (Å²) >= 11 is 0. The van der Waals surface area contributed by atoms with Gasteiger partial charge >= 0.3 is 0 Å². The standard InChI is InChI=1S/C6H13NO.BrH/c1-5-6(2)8-4-3-7-5;/h5-7H,3-4H2,1-2H3;1H. The van der Waals surface area contributed by atoms with Crippen LogP contribution in [0.2, 0.25) is 0 Å². The first kappa shape index (κ1) is 9.40. The van der Waals surface area contributed by atoms with Gasteiger partial charge in [-0.2, -0.15) is 0 Å². The number of ether oxygens (including phenoxy) is 1. The summed E-state index contributed by atoms with van der Waals surface area (Å²) in [7, 11) is 0. The minimum Gasteiger partial charge on any atom is -0.376 e. The molecule has 1 aliphatic rings. The van der Waals surface area contributed by atoms with Gasteiger partial charge in [0, 0.05) is 12.6 Å². The number of hydrogen-bond donors (Lipinski definition) is 1. The Bertz CT molecular complexity index is 69.5. The molecule has 0 aliphatic carbocycles. The van der Waals surface area contributed by atoms with Crippen molar-refractivity contribution in [2.45, 2.75) is 26.0 Å². The highest BCUT2D eigenvalue weighted by molar-refractivity contribution is 8.93. The van der Waals surface area contributed by atoms with E-state index in [1.165, 1.54) is 0 Å². The monoisotopic (exact) mass is 195 g/mol. The summed E-state index contributed by atoms with van der Waals surface area (Å²) in [5.74, 6) is 0. The zero-order chi connectivity index (χ0) is 5.98. The number of halogens is 1. The van der Waals surface area contributed by atoms with Gasteiger partial charge in [-0.1, -0.05) is 0 Å². The molecule has 1 N–H and O–H groups in total. The van der Waals surface area contributed by atoms with Crippen molar-refractivity contribution < 1.29 is 4.74 Å². The second-order valence-electron chi connectivity index (χ2n) is 2.32. The highest BCUT2D eigenvalue weighted by Crippen LogP contribution is 2.00. The van der Waals surface area contributed by atoms with Crippen LogP contribution in [0.5, 0.6) is 0 Å². The first-order valence-corrected chi connectivity index (χ1v) is 3.15. The summed E-state index contributed by atoms with van der Waals surface area (Å²) in [5, 5.41) is 3.31. The van der Waals surface area contributed by atoms with E-state index in [1.807, 2.05) is 0 Å². The van der Waals surface area contributed by atoms with Gasteiger partial charge in [-0.05, 0) is 13.8 Å². The predicted octanol–water partition coefficient (Wildman–Crippen LogP) is 0.961. The molecule has 56 valence electrons. The van der Waals surface area contributed by atoms with Gasteiger partial charge in [-0.3, -0.25) is 0 Å². The van der Waals surface area contributed by atoms with E-state index in [4.69, 9.17) is 4.74 Å². The molecule has 2 unspecified atom stereocenters. The summed E-state index contributed by atoms with van der Waals surface area (Å²) < 4.78 is 5.33. The lowest BCUT2D eigenvalue weighted by atomic mass is 10.2. The maximum absolute atomic E-state index is 5.33. The normalized spacial score (nSPS) is 35.3. The molecule has 0 aromatic heterocycles. The molecule has 9 heavy (non-hydrogen) atoms. The molecule has 3 heteroatoms. The van der Waals surface area contributed by atoms with Gasteiger partial charge in [-0.25, -0.2) is 0 Å². The molecule has 1 rings (SSSR count). The fourth-order valence-electron chi connectivity index (χ4n) is 0.842. The topological polar surface area (TPSA) is 21.3 Å². The van der Waals surface area contributed by atoms with Crippen LogP contribution >= 0.6 is 17.0 Å². The Hall–Kier alpha value is 0.400. The molecular formula is C6H14BrNO. The maximum Gasteiger partial charge on any atom is 0.0697 e. The van der Waals surface area contributed by atoms with E-state index >= 15 is 0 Å². The molecule has 1 saturated heterocycles. The Labute approximate surface area is 66.7 Å². The van der Waals surface area contributed by atoms with E-state index in [2.05, 4.69) is 19.2 Å². The van der Waals surface area contributed by atoms with Crippen molar-refractivity contribution >= 4 is 17.0 Å². The van der Waals surface area contributed by atoms with Crippen molar-refractivity contribution in [2.24, 2.45) is 0 Å². The SMILES string of the molecule is Br.CC1NCCOC1C. The fraction of sp³-hybridized carbons (Fsp3) is 1.00. The molecule has 0 radical (unpaired) electrons. The first-order chi connectivity index (χ1) is 3.80. The van der Waals surface area contributed by atoms with Crippen LogP contribution in [0.15, 0.2) is 0 Å². The quantitative estimate of drug-likeness (QED) is 0.623. The van der Waals surface area contributed by atoms with Crippen LogP contribution in [0.1, 0.15) is 13.8 Å². The van der Waals surface area contributed by atoms with Gasteiger partial charge in [0.2, 0.25) is 0 Å². The molecule has 2 atom stereocenters. The second-order valence-corrected chi connectivity index (χ2v) is 2.32. The zero-order valence-corrected chi connectivity index (χ0v) is 7.60. The van der Waals surface area contributed by atoms with E-state index in [9.17, 15) is 0 Å². The van der Waals surface area contributed by atoms with E-state index in [-0.39, 0.29) is 17.0 Å². The molecule has 1 heterocycles. The Kier molecular flexibility index (Phi) is 4.44. The molecule has 0 amide bonds. The average Bonchev–Trinajstić information content (AvgIpc) is 1.77. The van der Waals surface area contributed by atoms with Crippen molar-refractivity contribution in [1.82, 2.24) is 5.32 Å². The van der Waals surface area contributed by atoms with Crippen molar-refractivity contribution in [3.05, 3.63) is 0 Å². The van der Waals surface area contributed by atoms with Crippen LogP contribution in [-0.2, 0) is 4.74 Å². The lowest BCUT2D eigenvalue weighted by Gasteiger charge is -2.26. The summed E-state index contributed by atoms with van der Waals surface area (Å²) in [4.78, 5) is 0. The van der Waals surface area contributed by atoms with Crippen LogP contribution in [0, 0.1) is 0 Å². The van der Waals surface area contributed by atoms with E-state index in [0.717, 1.165) is 13.2 Å². The van der Waals surface area contributed by atoms with Gasteiger partial charge in [0.15, 0.2) is 0 Å². The maximum atomic E-state index is 5.33. The zero-order valence-electron chi connectivity index (χ0n) is 5.89.